The predicted octanol–water partition coefficient (Wildman–Crippen LogP) is 2.16. The van der Waals surface area contributed by atoms with Crippen LogP contribution in [0.4, 0.5) is 0 Å². The van der Waals surface area contributed by atoms with E-state index >= 15 is 0 Å². The zero-order chi connectivity index (χ0) is 8.62. The standard InChI is InChI=1S/C3H5ClO2S.C3H8/c1-2-3-7(4,5)6;1-3-2/h2H,1,3H2;3H2,1-2H3. The van der Waals surface area contributed by atoms with E-state index in [1.807, 2.05) is 0 Å². The number of hydrogen-bond acceptors (Lipinski definition) is 2. The van der Waals surface area contributed by atoms with Crippen LogP contribution in [0, 0.1) is 0 Å². The van der Waals surface area contributed by atoms with Crippen LogP contribution in [0.25, 0.3) is 0 Å². The van der Waals surface area contributed by atoms with Crippen LogP contribution in [0.15, 0.2) is 12.7 Å². The SMILES string of the molecule is C=CCS(=O)(=O)Cl.CCC. The van der Waals surface area contributed by atoms with Gasteiger partial charge in [-0.15, -0.1) is 6.58 Å². The third-order valence-electron chi connectivity index (χ3n) is 0.317. The monoisotopic (exact) mass is 184 g/mol. The molecule has 0 N–H and O–H groups in total. The molecule has 0 amide bonds. The lowest BCUT2D eigenvalue weighted by molar-refractivity contribution is 0.612. The third kappa shape index (κ3) is 24.5. The Kier molecular flexibility index (Phi) is 8.96. The van der Waals surface area contributed by atoms with Gasteiger partial charge in [-0.3, -0.25) is 0 Å². The van der Waals surface area contributed by atoms with Crippen molar-refractivity contribution in [3.63, 3.8) is 0 Å². The number of halogens is 1. The van der Waals surface area contributed by atoms with E-state index in [0.717, 1.165) is 0 Å². The maximum atomic E-state index is 9.93. The van der Waals surface area contributed by atoms with E-state index in [2.05, 4.69) is 20.4 Å². The lowest BCUT2D eigenvalue weighted by atomic mass is 10.6. The molecule has 10 heavy (non-hydrogen) atoms. The Bertz CT molecular complexity index is 161. The normalized spacial score (nSPS) is 9.50. The quantitative estimate of drug-likeness (QED) is 0.487. The molecule has 0 saturated heterocycles. The maximum absolute atomic E-state index is 9.93. The fourth-order valence-electron chi connectivity index (χ4n) is 0.141. The van der Waals surface area contributed by atoms with Crippen molar-refractivity contribution in [2.24, 2.45) is 0 Å². The second-order valence-electron chi connectivity index (χ2n) is 1.70. The molecule has 0 aromatic rings. The van der Waals surface area contributed by atoms with Crippen LogP contribution < -0.4 is 0 Å². The Balaban J connectivity index is 0. The van der Waals surface area contributed by atoms with Crippen LogP contribution in [0.1, 0.15) is 20.3 Å². The van der Waals surface area contributed by atoms with E-state index in [-0.39, 0.29) is 5.75 Å². The van der Waals surface area contributed by atoms with Crippen molar-refractivity contribution >= 4 is 19.7 Å². The molecule has 0 spiro atoms. The molecule has 0 heterocycles. The maximum Gasteiger partial charge on any atom is 0.236 e. The summed E-state index contributed by atoms with van der Waals surface area (Å²) < 4.78 is 19.9. The van der Waals surface area contributed by atoms with Gasteiger partial charge in [0.2, 0.25) is 9.05 Å². The Labute approximate surface area is 67.3 Å². The van der Waals surface area contributed by atoms with Crippen molar-refractivity contribution in [2.75, 3.05) is 5.75 Å². The second-order valence-corrected chi connectivity index (χ2v) is 4.52. The molecule has 0 radical (unpaired) electrons. The summed E-state index contributed by atoms with van der Waals surface area (Å²) in [6.07, 6.45) is 2.49. The molecule has 0 aromatic heterocycles. The average Bonchev–Trinajstić information content (AvgIpc) is 1.63. The van der Waals surface area contributed by atoms with Crippen LogP contribution in [0.3, 0.4) is 0 Å². The second kappa shape index (κ2) is 7.09. The molecular weight excluding hydrogens is 172 g/mol. The summed E-state index contributed by atoms with van der Waals surface area (Å²) in [5.41, 5.74) is 0. The fraction of sp³-hybridized carbons (Fsp3) is 0.667. The van der Waals surface area contributed by atoms with Gasteiger partial charge in [0.1, 0.15) is 0 Å². The number of hydrogen-bond donors (Lipinski definition) is 0. The largest absolute Gasteiger partial charge is 0.236 e. The molecule has 0 aromatic carbocycles. The summed E-state index contributed by atoms with van der Waals surface area (Å²) in [6, 6.07) is 0. The van der Waals surface area contributed by atoms with Crippen LogP contribution in [0.2, 0.25) is 0 Å². The van der Waals surface area contributed by atoms with E-state index in [1.54, 1.807) is 0 Å². The summed E-state index contributed by atoms with van der Waals surface area (Å²) in [4.78, 5) is 0. The van der Waals surface area contributed by atoms with Crippen LogP contribution in [-0.2, 0) is 9.05 Å². The minimum Gasteiger partial charge on any atom is -0.212 e. The molecule has 0 unspecified atom stereocenters. The van der Waals surface area contributed by atoms with Gasteiger partial charge in [-0.25, -0.2) is 8.42 Å². The molecule has 4 heteroatoms. The van der Waals surface area contributed by atoms with Gasteiger partial charge in [0.25, 0.3) is 0 Å². The predicted molar refractivity (Wildman–Crippen MR) is 45.8 cm³/mol. The van der Waals surface area contributed by atoms with Crippen LogP contribution in [-0.4, -0.2) is 14.2 Å². The molecule has 0 bridgehead atoms. The van der Waals surface area contributed by atoms with Gasteiger partial charge in [0.15, 0.2) is 0 Å². The topological polar surface area (TPSA) is 34.1 Å². The summed E-state index contributed by atoms with van der Waals surface area (Å²) in [5, 5.41) is 0. The van der Waals surface area contributed by atoms with Crippen molar-refractivity contribution in [3.8, 4) is 0 Å². The van der Waals surface area contributed by atoms with E-state index in [4.69, 9.17) is 10.7 Å². The van der Waals surface area contributed by atoms with Gasteiger partial charge < -0.3 is 0 Å². The molecule has 0 aliphatic carbocycles. The highest BCUT2D eigenvalue weighted by Gasteiger charge is 1.97. The minimum absolute atomic E-state index is 0.158. The lowest BCUT2D eigenvalue weighted by Gasteiger charge is -1.79. The third-order valence-corrected chi connectivity index (χ3v) is 1.33. The first-order valence-corrected chi connectivity index (χ1v) is 5.49. The first-order chi connectivity index (χ1) is 4.47. The van der Waals surface area contributed by atoms with Crippen molar-refractivity contribution in [3.05, 3.63) is 12.7 Å². The van der Waals surface area contributed by atoms with Gasteiger partial charge in [0, 0.05) is 10.7 Å². The highest BCUT2D eigenvalue weighted by molar-refractivity contribution is 8.13. The molecule has 62 valence electrons. The Hall–Kier alpha value is -0.0200. The van der Waals surface area contributed by atoms with Crippen LogP contribution in [0.5, 0.6) is 0 Å². The Morgan fingerprint density at radius 3 is 1.80 bits per heavy atom. The average molecular weight is 185 g/mol. The Morgan fingerprint density at radius 1 is 1.50 bits per heavy atom. The first kappa shape index (κ1) is 12.6. The van der Waals surface area contributed by atoms with Crippen LogP contribution >= 0.6 is 10.7 Å². The molecule has 0 aliphatic heterocycles. The minimum atomic E-state index is -3.32. The summed E-state index contributed by atoms with van der Waals surface area (Å²) in [6.45, 7) is 7.43. The summed E-state index contributed by atoms with van der Waals surface area (Å²) in [7, 11) is 1.41. The highest BCUT2D eigenvalue weighted by Crippen LogP contribution is 1.93. The molecule has 0 fully saturated rings. The fourth-order valence-corrected chi connectivity index (χ4v) is 0.690. The summed E-state index contributed by atoms with van der Waals surface area (Å²) in [5.74, 6) is -0.158. The van der Waals surface area contributed by atoms with Gasteiger partial charge in [-0.2, -0.15) is 0 Å². The van der Waals surface area contributed by atoms with E-state index in [9.17, 15) is 8.42 Å². The lowest BCUT2D eigenvalue weighted by Crippen LogP contribution is -1.90. The molecule has 0 atom stereocenters. The van der Waals surface area contributed by atoms with Crippen molar-refractivity contribution in [2.45, 2.75) is 20.3 Å². The van der Waals surface area contributed by atoms with Crippen molar-refractivity contribution in [1.29, 1.82) is 0 Å². The Morgan fingerprint density at radius 2 is 1.80 bits per heavy atom. The van der Waals surface area contributed by atoms with Gasteiger partial charge in [-0.05, 0) is 0 Å². The van der Waals surface area contributed by atoms with E-state index in [1.165, 1.54) is 12.5 Å². The zero-order valence-electron chi connectivity index (χ0n) is 6.30. The molecular formula is C6H13ClO2S. The van der Waals surface area contributed by atoms with Crippen molar-refractivity contribution in [1.82, 2.24) is 0 Å². The number of rotatable bonds is 2. The van der Waals surface area contributed by atoms with Gasteiger partial charge >= 0.3 is 0 Å². The highest BCUT2D eigenvalue weighted by atomic mass is 35.7. The zero-order valence-corrected chi connectivity index (χ0v) is 7.87. The molecule has 2 nitrogen and oxygen atoms in total. The summed E-state index contributed by atoms with van der Waals surface area (Å²) >= 11 is 0. The van der Waals surface area contributed by atoms with E-state index in [0.29, 0.717) is 0 Å². The first-order valence-electron chi connectivity index (χ1n) is 3.01. The smallest absolute Gasteiger partial charge is 0.212 e. The van der Waals surface area contributed by atoms with Crippen molar-refractivity contribution < 1.29 is 8.42 Å². The molecule has 0 rings (SSSR count). The molecule has 0 saturated carbocycles. The van der Waals surface area contributed by atoms with Gasteiger partial charge in [-0.1, -0.05) is 26.3 Å². The molecule has 0 aliphatic rings. The van der Waals surface area contributed by atoms with Gasteiger partial charge in [0.05, 0.1) is 5.75 Å². The van der Waals surface area contributed by atoms with E-state index < -0.39 is 9.05 Å².